The minimum absolute atomic E-state index is 0.00383. The van der Waals surface area contributed by atoms with Crippen molar-refractivity contribution in [3.05, 3.63) is 47.5 Å². The summed E-state index contributed by atoms with van der Waals surface area (Å²) in [4.78, 5) is 24.9. The highest BCUT2D eigenvalue weighted by molar-refractivity contribution is 5.96. The molecular formula is C19H24N2O2. The molecule has 2 unspecified atom stereocenters. The lowest BCUT2D eigenvalue weighted by Gasteiger charge is -2.37. The SMILES string of the molecule is C=C1C2(C(=O)NNC(=O)c3cccc(C)c3)CCC(C2)C1(C)C. The molecule has 1 aromatic carbocycles. The zero-order chi connectivity index (χ0) is 16.8. The first-order chi connectivity index (χ1) is 10.8. The molecule has 2 bridgehead atoms. The van der Waals surface area contributed by atoms with Crippen LogP contribution in [0.25, 0.3) is 0 Å². The number of fused-ring (bicyclic) bond motifs is 2. The topological polar surface area (TPSA) is 58.2 Å². The van der Waals surface area contributed by atoms with Crippen molar-refractivity contribution in [3.63, 3.8) is 0 Å². The van der Waals surface area contributed by atoms with Crippen molar-refractivity contribution < 1.29 is 9.59 Å². The van der Waals surface area contributed by atoms with Crippen molar-refractivity contribution in [3.8, 4) is 0 Å². The van der Waals surface area contributed by atoms with Crippen LogP contribution < -0.4 is 10.9 Å². The van der Waals surface area contributed by atoms with Gasteiger partial charge in [0.1, 0.15) is 0 Å². The summed E-state index contributed by atoms with van der Waals surface area (Å²) < 4.78 is 0. The molecule has 2 amide bonds. The van der Waals surface area contributed by atoms with E-state index in [4.69, 9.17) is 0 Å². The summed E-state index contributed by atoms with van der Waals surface area (Å²) in [6.07, 6.45) is 2.71. The Morgan fingerprint density at radius 2 is 2.00 bits per heavy atom. The lowest BCUT2D eigenvalue weighted by Crippen LogP contribution is -2.49. The fraction of sp³-hybridized carbons (Fsp3) is 0.474. The summed E-state index contributed by atoms with van der Waals surface area (Å²) >= 11 is 0. The molecule has 3 rings (SSSR count). The first kappa shape index (κ1) is 15.8. The Labute approximate surface area is 137 Å². The summed E-state index contributed by atoms with van der Waals surface area (Å²) in [5.41, 5.74) is 7.20. The van der Waals surface area contributed by atoms with Gasteiger partial charge < -0.3 is 0 Å². The van der Waals surface area contributed by atoms with Gasteiger partial charge in [0.25, 0.3) is 5.91 Å². The normalized spacial score (nSPS) is 27.8. The van der Waals surface area contributed by atoms with E-state index in [1.807, 2.05) is 19.1 Å². The number of nitrogens with one attached hydrogen (secondary N) is 2. The third-order valence-corrected chi connectivity index (χ3v) is 5.89. The van der Waals surface area contributed by atoms with Crippen LogP contribution in [0.5, 0.6) is 0 Å². The van der Waals surface area contributed by atoms with Crippen LogP contribution in [0.4, 0.5) is 0 Å². The van der Waals surface area contributed by atoms with Crippen LogP contribution >= 0.6 is 0 Å². The molecular weight excluding hydrogens is 288 g/mol. The molecule has 2 saturated carbocycles. The van der Waals surface area contributed by atoms with Crippen molar-refractivity contribution in [2.45, 2.75) is 40.0 Å². The average Bonchev–Trinajstić information content (AvgIpc) is 3.04. The van der Waals surface area contributed by atoms with Gasteiger partial charge in [0.15, 0.2) is 0 Å². The van der Waals surface area contributed by atoms with E-state index >= 15 is 0 Å². The molecule has 4 heteroatoms. The maximum absolute atomic E-state index is 12.7. The van der Waals surface area contributed by atoms with Crippen molar-refractivity contribution in [1.29, 1.82) is 0 Å². The molecule has 4 nitrogen and oxygen atoms in total. The van der Waals surface area contributed by atoms with Crippen molar-refractivity contribution in [1.82, 2.24) is 10.9 Å². The maximum Gasteiger partial charge on any atom is 0.269 e. The molecule has 2 aliphatic carbocycles. The summed E-state index contributed by atoms with van der Waals surface area (Å²) in [7, 11) is 0. The van der Waals surface area contributed by atoms with Crippen LogP contribution in [0.2, 0.25) is 0 Å². The highest BCUT2D eigenvalue weighted by atomic mass is 16.2. The number of hydrogen-bond donors (Lipinski definition) is 2. The van der Waals surface area contributed by atoms with E-state index in [2.05, 4.69) is 31.3 Å². The molecule has 23 heavy (non-hydrogen) atoms. The molecule has 0 heterocycles. The number of carbonyl (C=O) groups is 2. The predicted octanol–water partition coefficient (Wildman–Crippen LogP) is 3.14. The van der Waals surface area contributed by atoms with Crippen LogP contribution in [0, 0.1) is 23.7 Å². The number of hydrazine groups is 1. The maximum atomic E-state index is 12.7. The van der Waals surface area contributed by atoms with Crippen molar-refractivity contribution >= 4 is 11.8 Å². The Kier molecular flexibility index (Phi) is 3.58. The van der Waals surface area contributed by atoms with Gasteiger partial charge in [-0.3, -0.25) is 20.4 Å². The summed E-state index contributed by atoms with van der Waals surface area (Å²) in [6.45, 7) is 10.5. The molecule has 0 saturated heterocycles. The second kappa shape index (κ2) is 5.22. The van der Waals surface area contributed by atoms with Crippen LogP contribution in [-0.4, -0.2) is 11.8 Å². The standard InChI is InChI=1S/C19H24N2O2/c1-12-6-5-7-14(10-12)16(22)20-21-17(23)19-9-8-15(11-19)18(3,4)13(19)2/h5-7,10,15H,2,8-9,11H2,1,3-4H3,(H,20,22)(H,21,23). The van der Waals surface area contributed by atoms with E-state index in [0.717, 1.165) is 30.4 Å². The Morgan fingerprint density at radius 3 is 2.61 bits per heavy atom. The van der Waals surface area contributed by atoms with E-state index in [0.29, 0.717) is 11.5 Å². The van der Waals surface area contributed by atoms with Gasteiger partial charge in [0.05, 0.1) is 5.41 Å². The van der Waals surface area contributed by atoms with E-state index in [-0.39, 0.29) is 17.2 Å². The van der Waals surface area contributed by atoms with Crippen LogP contribution in [0.3, 0.4) is 0 Å². The third kappa shape index (κ3) is 2.37. The summed E-state index contributed by atoms with van der Waals surface area (Å²) in [5.74, 6) is 0.0840. The number of carbonyl (C=O) groups excluding carboxylic acids is 2. The monoisotopic (exact) mass is 312 g/mol. The van der Waals surface area contributed by atoms with Crippen LogP contribution in [0.15, 0.2) is 36.4 Å². The third-order valence-electron chi connectivity index (χ3n) is 5.89. The first-order valence-electron chi connectivity index (χ1n) is 8.15. The molecule has 0 aromatic heterocycles. The molecule has 0 radical (unpaired) electrons. The molecule has 122 valence electrons. The van der Waals surface area contributed by atoms with Crippen molar-refractivity contribution in [2.75, 3.05) is 0 Å². The molecule has 0 spiro atoms. The second-order valence-corrected chi connectivity index (χ2v) is 7.50. The van der Waals surface area contributed by atoms with Gasteiger partial charge in [-0.05, 0) is 49.7 Å². The fourth-order valence-corrected chi connectivity index (χ4v) is 4.23. The van der Waals surface area contributed by atoms with E-state index in [1.54, 1.807) is 12.1 Å². The van der Waals surface area contributed by atoms with E-state index < -0.39 is 5.41 Å². The highest BCUT2D eigenvalue weighted by Crippen LogP contribution is 2.65. The Hall–Kier alpha value is -2.10. The summed E-state index contributed by atoms with van der Waals surface area (Å²) in [6, 6.07) is 7.28. The van der Waals surface area contributed by atoms with Gasteiger partial charge in [-0.25, -0.2) is 0 Å². The van der Waals surface area contributed by atoms with Gasteiger partial charge >= 0.3 is 0 Å². The first-order valence-corrected chi connectivity index (χ1v) is 8.15. The predicted molar refractivity (Wildman–Crippen MR) is 89.5 cm³/mol. The van der Waals surface area contributed by atoms with Gasteiger partial charge in [-0.15, -0.1) is 0 Å². The smallest absolute Gasteiger partial charge is 0.269 e. The minimum atomic E-state index is -0.520. The van der Waals surface area contributed by atoms with Crippen molar-refractivity contribution in [2.24, 2.45) is 16.7 Å². The van der Waals surface area contributed by atoms with Gasteiger partial charge in [0, 0.05) is 5.56 Å². The Bertz CT molecular complexity index is 692. The summed E-state index contributed by atoms with van der Waals surface area (Å²) in [5, 5.41) is 0. The quantitative estimate of drug-likeness (QED) is 0.651. The van der Waals surface area contributed by atoms with E-state index in [1.165, 1.54) is 0 Å². The van der Waals surface area contributed by atoms with E-state index in [9.17, 15) is 9.59 Å². The molecule has 2 N–H and O–H groups in total. The number of rotatable bonds is 2. The molecule has 1 aromatic rings. The average molecular weight is 312 g/mol. The highest BCUT2D eigenvalue weighted by Gasteiger charge is 2.60. The molecule has 2 fully saturated rings. The van der Waals surface area contributed by atoms with Gasteiger partial charge in [-0.1, -0.05) is 43.7 Å². The lowest BCUT2D eigenvalue weighted by atomic mass is 9.68. The zero-order valence-corrected chi connectivity index (χ0v) is 14.0. The number of hydrogen-bond acceptors (Lipinski definition) is 2. The Balaban J connectivity index is 1.69. The fourth-order valence-electron chi connectivity index (χ4n) is 4.23. The van der Waals surface area contributed by atoms with Crippen LogP contribution in [0.1, 0.15) is 49.0 Å². The number of benzene rings is 1. The number of aryl methyl sites for hydroxylation is 1. The molecule has 2 aliphatic rings. The zero-order valence-electron chi connectivity index (χ0n) is 14.0. The lowest BCUT2D eigenvalue weighted by molar-refractivity contribution is -0.129. The van der Waals surface area contributed by atoms with Gasteiger partial charge in [-0.2, -0.15) is 0 Å². The molecule has 0 aliphatic heterocycles. The molecule has 2 atom stereocenters. The minimum Gasteiger partial charge on any atom is -0.272 e. The Morgan fingerprint density at radius 1 is 1.26 bits per heavy atom. The number of amides is 2. The van der Waals surface area contributed by atoms with Gasteiger partial charge in [0.2, 0.25) is 5.91 Å². The van der Waals surface area contributed by atoms with Crippen LogP contribution in [-0.2, 0) is 4.79 Å². The second-order valence-electron chi connectivity index (χ2n) is 7.50. The largest absolute Gasteiger partial charge is 0.272 e.